The third-order valence-electron chi connectivity index (χ3n) is 4.93. The van der Waals surface area contributed by atoms with E-state index in [4.69, 9.17) is 17.3 Å². The number of nitrogens with two attached hydrogens (primary N) is 1. The average molecular weight is 359 g/mol. The number of aliphatic hydroxyl groups is 1. The lowest BCUT2D eigenvalue weighted by Crippen LogP contribution is -2.44. The molecule has 3 rings (SSSR count). The van der Waals surface area contributed by atoms with E-state index in [9.17, 15) is 9.90 Å². The summed E-state index contributed by atoms with van der Waals surface area (Å²) in [6, 6.07) is 16.1. The molecule has 0 radical (unpaired) electrons. The van der Waals surface area contributed by atoms with E-state index >= 15 is 0 Å². The lowest BCUT2D eigenvalue weighted by molar-refractivity contribution is -0.134. The van der Waals surface area contributed by atoms with Crippen LogP contribution in [0.4, 0.5) is 0 Å². The molecule has 2 aromatic rings. The zero-order valence-electron chi connectivity index (χ0n) is 14.0. The first-order valence-electron chi connectivity index (χ1n) is 8.59. The van der Waals surface area contributed by atoms with Crippen molar-refractivity contribution in [2.75, 3.05) is 13.1 Å². The minimum absolute atomic E-state index is 0.0503. The normalized spacial score (nSPS) is 18.0. The maximum atomic E-state index is 12.6. The fourth-order valence-electron chi connectivity index (χ4n) is 3.37. The van der Waals surface area contributed by atoms with Gasteiger partial charge in [-0.25, -0.2) is 0 Å². The Morgan fingerprint density at radius 3 is 2.24 bits per heavy atom. The summed E-state index contributed by atoms with van der Waals surface area (Å²) < 4.78 is 0. The van der Waals surface area contributed by atoms with Crippen LogP contribution in [0.2, 0.25) is 5.02 Å². The molecular weight excluding hydrogens is 336 g/mol. The van der Waals surface area contributed by atoms with Crippen LogP contribution >= 0.6 is 11.6 Å². The number of amides is 1. The maximum absolute atomic E-state index is 12.6. The van der Waals surface area contributed by atoms with Crippen molar-refractivity contribution in [3.63, 3.8) is 0 Å². The molecule has 1 fully saturated rings. The smallest absolute Gasteiger partial charge is 0.244 e. The Morgan fingerprint density at radius 1 is 1.04 bits per heavy atom. The van der Waals surface area contributed by atoms with E-state index in [2.05, 4.69) is 0 Å². The Kier molecular flexibility index (Phi) is 5.74. The highest BCUT2D eigenvalue weighted by Crippen LogP contribution is 2.32. The number of hydrogen-bond donors (Lipinski definition) is 2. The Balaban J connectivity index is 1.58. The molecule has 0 bridgehead atoms. The summed E-state index contributed by atoms with van der Waals surface area (Å²) in [5, 5.41) is 11.2. The van der Waals surface area contributed by atoms with Gasteiger partial charge < -0.3 is 15.7 Å². The predicted octanol–water partition coefficient (Wildman–Crippen LogP) is 3.31. The summed E-state index contributed by atoms with van der Waals surface area (Å²) >= 11 is 5.90. The van der Waals surface area contributed by atoms with Gasteiger partial charge in [0.25, 0.3) is 0 Å². The molecule has 25 heavy (non-hydrogen) atoms. The molecule has 1 aliphatic rings. The van der Waals surface area contributed by atoms with Gasteiger partial charge in [0, 0.05) is 18.1 Å². The van der Waals surface area contributed by atoms with E-state index in [1.165, 1.54) is 0 Å². The minimum atomic E-state index is -0.626. The van der Waals surface area contributed by atoms with Gasteiger partial charge in [-0.2, -0.15) is 0 Å². The van der Waals surface area contributed by atoms with E-state index in [0.717, 1.165) is 24.0 Å². The Morgan fingerprint density at radius 2 is 1.64 bits per heavy atom. The van der Waals surface area contributed by atoms with Gasteiger partial charge in [0.05, 0.1) is 6.10 Å². The van der Waals surface area contributed by atoms with E-state index in [-0.39, 0.29) is 11.8 Å². The highest BCUT2D eigenvalue weighted by molar-refractivity contribution is 6.30. The third kappa shape index (κ3) is 4.21. The first-order valence-corrected chi connectivity index (χ1v) is 8.97. The monoisotopic (exact) mass is 358 g/mol. The van der Waals surface area contributed by atoms with Crippen LogP contribution in [-0.2, 0) is 4.79 Å². The second kappa shape index (κ2) is 8.00. The molecule has 0 spiro atoms. The van der Waals surface area contributed by atoms with Crippen LogP contribution in [0, 0.1) is 5.92 Å². The topological polar surface area (TPSA) is 66.6 Å². The summed E-state index contributed by atoms with van der Waals surface area (Å²) in [6.45, 7) is 1.24. The van der Waals surface area contributed by atoms with Gasteiger partial charge in [-0.15, -0.1) is 0 Å². The Labute approximate surface area is 153 Å². The van der Waals surface area contributed by atoms with Crippen molar-refractivity contribution in [1.29, 1.82) is 0 Å². The molecule has 5 heteroatoms. The summed E-state index contributed by atoms with van der Waals surface area (Å²) in [4.78, 5) is 14.4. The molecule has 132 valence electrons. The van der Waals surface area contributed by atoms with E-state index < -0.39 is 12.1 Å². The number of rotatable bonds is 4. The van der Waals surface area contributed by atoms with Crippen LogP contribution in [0.3, 0.4) is 0 Å². The number of likely N-dealkylation sites (tertiary alicyclic amines) is 1. The van der Waals surface area contributed by atoms with Crippen molar-refractivity contribution < 1.29 is 9.90 Å². The summed E-state index contributed by atoms with van der Waals surface area (Å²) in [5.74, 6) is 0.0869. The van der Waals surface area contributed by atoms with Crippen molar-refractivity contribution in [3.05, 3.63) is 70.7 Å². The lowest BCUT2D eigenvalue weighted by Gasteiger charge is -2.35. The van der Waals surface area contributed by atoms with Crippen molar-refractivity contribution >= 4 is 17.5 Å². The molecule has 1 aliphatic heterocycles. The number of nitrogens with zero attached hydrogens (tertiary/aromatic N) is 1. The SMILES string of the molecule is NC(C(=O)N1CCC(C(O)c2ccc(Cl)cc2)CC1)c1ccccc1. The molecular formula is C20H23ClN2O2. The standard InChI is InChI=1S/C20H23ClN2O2/c21-17-8-6-15(7-9-17)19(24)16-10-12-23(13-11-16)20(25)18(22)14-4-2-1-3-5-14/h1-9,16,18-19,24H,10-13,22H2. The number of carbonyl (C=O) groups excluding carboxylic acids is 1. The van der Waals surface area contributed by atoms with Crippen molar-refractivity contribution in [2.24, 2.45) is 11.7 Å². The largest absolute Gasteiger partial charge is 0.388 e. The number of aliphatic hydroxyl groups excluding tert-OH is 1. The summed E-state index contributed by atoms with van der Waals surface area (Å²) in [7, 11) is 0. The Bertz CT molecular complexity index is 697. The molecule has 0 aromatic heterocycles. The van der Waals surface area contributed by atoms with Gasteiger partial charge >= 0.3 is 0 Å². The van der Waals surface area contributed by atoms with Crippen LogP contribution in [0.5, 0.6) is 0 Å². The first kappa shape index (κ1) is 17.9. The second-order valence-electron chi connectivity index (χ2n) is 6.55. The van der Waals surface area contributed by atoms with Crippen molar-refractivity contribution in [1.82, 2.24) is 4.90 Å². The van der Waals surface area contributed by atoms with Gasteiger partial charge in [-0.05, 0) is 42.0 Å². The molecule has 2 unspecified atom stereocenters. The quantitative estimate of drug-likeness (QED) is 0.881. The zero-order chi connectivity index (χ0) is 17.8. The number of halogens is 1. The van der Waals surface area contributed by atoms with Crippen LogP contribution in [0.15, 0.2) is 54.6 Å². The molecule has 4 nitrogen and oxygen atoms in total. The first-order chi connectivity index (χ1) is 12.1. The number of piperidine rings is 1. The van der Waals surface area contributed by atoms with E-state index in [1.807, 2.05) is 47.4 Å². The Hall–Kier alpha value is -1.88. The second-order valence-corrected chi connectivity index (χ2v) is 6.98. The van der Waals surface area contributed by atoms with Crippen molar-refractivity contribution in [3.8, 4) is 0 Å². The van der Waals surface area contributed by atoms with Crippen LogP contribution in [0.1, 0.15) is 36.1 Å². The van der Waals surface area contributed by atoms with Crippen LogP contribution < -0.4 is 5.73 Å². The molecule has 1 amide bonds. The summed E-state index contributed by atoms with van der Waals surface area (Å²) in [5.41, 5.74) is 7.82. The molecule has 0 saturated carbocycles. The number of carbonyl (C=O) groups is 1. The molecule has 3 N–H and O–H groups in total. The van der Waals surface area contributed by atoms with E-state index in [0.29, 0.717) is 18.1 Å². The number of benzene rings is 2. The van der Waals surface area contributed by atoms with Gasteiger partial charge in [0.2, 0.25) is 5.91 Å². The molecule has 2 atom stereocenters. The van der Waals surface area contributed by atoms with Crippen molar-refractivity contribution in [2.45, 2.75) is 25.0 Å². The van der Waals surface area contributed by atoms with Gasteiger partial charge in [0.15, 0.2) is 0 Å². The van der Waals surface area contributed by atoms with Crippen LogP contribution in [0.25, 0.3) is 0 Å². The number of hydrogen-bond acceptors (Lipinski definition) is 3. The molecule has 0 aliphatic carbocycles. The lowest BCUT2D eigenvalue weighted by atomic mass is 9.87. The minimum Gasteiger partial charge on any atom is -0.388 e. The third-order valence-corrected chi connectivity index (χ3v) is 5.19. The molecule has 1 saturated heterocycles. The van der Waals surface area contributed by atoms with Crippen LogP contribution in [-0.4, -0.2) is 29.0 Å². The van der Waals surface area contributed by atoms with E-state index in [1.54, 1.807) is 12.1 Å². The van der Waals surface area contributed by atoms with Gasteiger partial charge in [0.1, 0.15) is 6.04 Å². The predicted molar refractivity (Wildman–Crippen MR) is 99.1 cm³/mol. The van der Waals surface area contributed by atoms with Gasteiger partial charge in [-0.1, -0.05) is 54.1 Å². The summed E-state index contributed by atoms with van der Waals surface area (Å²) in [6.07, 6.45) is 0.992. The molecule has 1 heterocycles. The fourth-order valence-corrected chi connectivity index (χ4v) is 3.49. The fraction of sp³-hybridized carbons (Fsp3) is 0.350. The molecule has 2 aromatic carbocycles. The average Bonchev–Trinajstić information content (AvgIpc) is 2.67. The highest BCUT2D eigenvalue weighted by Gasteiger charge is 2.30. The maximum Gasteiger partial charge on any atom is 0.244 e. The highest BCUT2D eigenvalue weighted by atomic mass is 35.5. The zero-order valence-corrected chi connectivity index (χ0v) is 14.8. The van der Waals surface area contributed by atoms with Gasteiger partial charge in [-0.3, -0.25) is 4.79 Å².